The van der Waals surface area contributed by atoms with Crippen LogP contribution in [0.15, 0.2) is 29.2 Å². The molecule has 0 aromatic heterocycles. The molecule has 0 radical (unpaired) electrons. The van der Waals surface area contributed by atoms with Crippen LogP contribution in [0.25, 0.3) is 0 Å². The summed E-state index contributed by atoms with van der Waals surface area (Å²) >= 11 is 0. The van der Waals surface area contributed by atoms with E-state index < -0.39 is 16.0 Å². The van der Waals surface area contributed by atoms with Gasteiger partial charge in [0.1, 0.15) is 0 Å². The van der Waals surface area contributed by atoms with Gasteiger partial charge in [0.2, 0.25) is 10.0 Å². The Morgan fingerprint density at radius 1 is 1.23 bits per heavy atom. The summed E-state index contributed by atoms with van der Waals surface area (Å²) in [5.41, 5.74) is 0.336. The third kappa shape index (κ3) is 6.74. The van der Waals surface area contributed by atoms with Crippen LogP contribution >= 0.6 is 12.4 Å². The number of rotatable bonds is 8. The van der Waals surface area contributed by atoms with Gasteiger partial charge in [-0.2, -0.15) is 0 Å². The lowest BCUT2D eigenvalue weighted by Crippen LogP contribution is -2.27. The van der Waals surface area contributed by atoms with Crippen LogP contribution in [0.1, 0.15) is 23.7 Å². The van der Waals surface area contributed by atoms with Gasteiger partial charge in [-0.05, 0) is 58.3 Å². The summed E-state index contributed by atoms with van der Waals surface area (Å²) in [6, 6.07) is 5.71. The highest BCUT2D eigenvalue weighted by atomic mass is 35.5. The highest BCUT2D eigenvalue weighted by Crippen LogP contribution is 2.11. The Labute approximate surface area is 138 Å². The second-order valence-electron chi connectivity index (χ2n) is 4.80. The van der Waals surface area contributed by atoms with Crippen molar-refractivity contribution in [2.45, 2.75) is 18.2 Å². The summed E-state index contributed by atoms with van der Waals surface area (Å²) in [5.74, 6) is -0.458. The van der Waals surface area contributed by atoms with Crippen molar-refractivity contribution in [1.29, 1.82) is 0 Å². The maximum absolute atomic E-state index is 12.0. The number of hydrogen-bond donors (Lipinski definition) is 1. The van der Waals surface area contributed by atoms with Gasteiger partial charge in [-0.1, -0.05) is 0 Å². The van der Waals surface area contributed by atoms with E-state index in [0.717, 1.165) is 13.0 Å². The van der Waals surface area contributed by atoms with E-state index >= 15 is 0 Å². The number of hydrogen-bond acceptors (Lipinski definition) is 5. The van der Waals surface area contributed by atoms with E-state index in [2.05, 4.69) is 4.72 Å². The zero-order chi connectivity index (χ0) is 15.9. The first-order valence-corrected chi connectivity index (χ1v) is 8.26. The summed E-state index contributed by atoms with van der Waals surface area (Å²) in [4.78, 5) is 13.6. The molecule has 1 N–H and O–H groups in total. The zero-order valence-electron chi connectivity index (χ0n) is 13.0. The van der Waals surface area contributed by atoms with Crippen molar-refractivity contribution in [2.75, 3.05) is 33.8 Å². The summed E-state index contributed by atoms with van der Waals surface area (Å²) in [6.45, 7) is 3.19. The SMILES string of the molecule is CCOC(=O)c1ccc(S(=O)(=O)NCCCN(C)C)cc1.Cl. The molecule has 0 atom stereocenters. The molecule has 0 saturated carbocycles. The number of nitrogens with one attached hydrogen (secondary N) is 1. The minimum Gasteiger partial charge on any atom is -0.462 e. The molecule has 22 heavy (non-hydrogen) atoms. The Morgan fingerprint density at radius 2 is 1.82 bits per heavy atom. The minimum atomic E-state index is -3.53. The maximum Gasteiger partial charge on any atom is 0.338 e. The molecule has 0 heterocycles. The van der Waals surface area contributed by atoms with Crippen LogP contribution in [0.5, 0.6) is 0 Å². The smallest absolute Gasteiger partial charge is 0.338 e. The van der Waals surface area contributed by atoms with Crippen LogP contribution in [0.3, 0.4) is 0 Å². The highest BCUT2D eigenvalue weighted by molar-refractivity contribution is 7.89. The molecule has 0 amide bonds. The summed E-state index contributed by atoms with van der Waals surface area (Å²) < 4.78 is 31.5. The fraction of sp³-hybridized carbons (Fsp3) is 0.500. The van der Waals surface area contributed by atoms with Gasteiger partial charge in [0.15, 0.2) is 0 Å². The summed E-state index contributed by atoms with van der Waals surface area (Å²) in [6.07, 6.45) is 0.729. The topological polar surface area (TPSA) is 75.7 Å². The van der Waals surface area contributed by atoms with E-state index in [1.807, 2.05) is 19.0 Å². The zero-order valence-corrected chi connectivity index (χ0v) is 14.7. The van der Waals surface area contributed by atoms with Crippen molar-refractivity contribution in [3.63, 3.8) is 0 Å². The van der Waals surface area contributed by atoms with E-state index in [1.165, 1.54) is 24.3 Å². The van der Waals surface area contributed by atoms with Gasteiger partial charge >= 0.3 is 5.97 Å². The largest absolute Gasteiger partial charge is 0.462 e. The molecule has 1 rings (SSSR count). The molecule has 0 spiro atoms. The van der Waals surface area contributed by atoms with Crippen LogP contribution < -0.4 is 4.72 Å². The molecule has 1 aromatic rings. The number of halogens is 1. The van der Waals surface area contributed by atoms with Gasteiger partial charge in [-0.3, -0.25) is 0 Å². The Hall–Kier alpha value is -1.15. The van der Waals surface area contributed by atoms with Gasteiger partial charge in [0.05, 0.1) is 17.1 Å². The van der Waals surface area contributed by atoms with Crippen LogP contribution in [0.4, 0.5) is 0 Å². The van der Waals surface area contributed by atoms with E-state index in [-0.39, 0.29) is 23.9 Å². The first-order valence-electron chi connectivity index (χ1n) is 6.78. The summed E-state index contributed by atoms with van der Waals surface area (Å²) in [5, 5.41) is 0. The van der Waals surface area contributed by atoms with E-state index in [0.29, 0.717) is 12.1 Å². The van der Waals surface area contributed by atoms with Gasteiger partial charge in [-0.25, -0.2) is 17.9 Å². The standard InChI is InChI=1S/C14H22N2O4S.ClH/c1-4-20-14(17)12-6-8-13(9-7-12)21(18,19)15-10-5-11-16(2)3;/h6-9,15H,4-5,10-11H2,1-3H3;1H. The fourth-order valence-electron chi connectivity index (χ4n) is 1.67. The Morgan fingerprint density at radius 3 is 2.32 bits per heavy atom. The Bertz CT molecular complexity index is 559. The number of sulfonamides is 1. The maximum atomic E-state index is 12.0. The Kier molecular flexibility index (Phi) is 9.27. The molecule has 0 aliphatic carbocycles. The normalized spacial score (nSPS) is 11.1. The van der Waals surface area contributed by atoms with Crippen LogP contribution in [-0.4, -0.2) is 53.1 Å². The molecule has 0 aliphatic heterocycles. The number of carbonyl (C=O) groups excluding carboxylic acids is 1. The van der Waals surface area contributed by atoms with Crippen molar-refractivity contribution in [3.05, 3.63) is 29.8 Å². The van der Waals surface area contributed by atoms with Crippen LogP contribution in [-0.2, 0) is 14.8 Å². The van der Waals surface area contributed by atoms with E-state index in [9.17, 15) is 13.2 Å². The van der Waals surface area contributed by atoms with Crippen LogP contribution in [0, 0.1) is 0 Å². The molecule has 126 valence electrons. The van der Waals surface area contributed by atoms with Crippen molar-refractivity contribution in [3.8, 4) is 0 Å². The van der Waals surface area contributed by atoms with Crippen molar-refractivity contribution in [2.24, 2.45) is 0 Å². The van der Waals surface area contributed by atoms with E-state index in [4.69, 9.17) is 4.74 Å². The monoisotopic (exact) mass is 350 g/mol. The van der Waals surface area contributed by atoms with Crippen molar-refractivity contribution < 1.29 is 17.9 Å². The van der Waals surface area contributed by atoms with Crippen molar-refractivity contribution >= 4 is 28.4 Å². The molecule has 6 nitrogen and oxygen atoms in total. The lowest BCUT2D eigenvalue weighted by atomic mass is 10.2. The molecule has 8 heteroatoms. The Balaban J connectivity index is 0.00000441. The molecule has 0 fully saturated rings. The highest BCUT2D eigenvalue weighted by Gasteiger charge is 2.14. The van der Waals surface area contributed by atoms with Crippen molar-refractivity contribution in [1.82, 2.24) is 9.62 Å². The number of carbonyl (C=O) groups is 1. The second-order valence-corrected chi connectivity index (χ2v) is 6.57. The quantitative estimate of drug-likeness (QED) is 0.568. The lowest BCUT2D eigenvalue weighted by molar-refractivity contribution is 0.0526. The van der Waals surface area contributed by atoms with Gasteiger partial charge in [0, 0.05) is 6.54 Å². The van der Waals surface area contributed by atoms with Crippen LogP contribution in [0.2, 0.25) is 0 Å². The second kappa shape index (κ2) is 9.78. The van der Waals surface area contributed by atoms with Gasteiger partial charge in [0.25, 0.3) is 0 Å². The fourth-order valence-corrected chi connectivity index (χ4v) is 2.74. The molecular weight excluding hydrogens is 328 g/mol. The van der Waals surface area contributed by atoms with E-state index in [1.54, 1.807) is 6.92 Å². The third-order valence-electron chi connectivity index (χ3n) is 2.75. The predicted octanol–water partition coefficient (Wildman–Crippen LogP) is 1.52. The molecule has 0 saturated heterocycles. The number of esters is 1. The lowest BCUT2D eigenvalue weighted by Gasteiger charge is -2.10. The molecule has 0 unspecified atom stereocenters. The number of ether oxygens (including phenoxy) is 1. The number of benzene rings is 1. The minimum absolute atomic E-state index is 0. The predicted molar refractivity (Wildman–Crippen MR) is 88.0 cm³/mol. The first kappa shape index (κ1) is 20.9. The first-order chi connectivity index (χ1) is 9.86. The molecular formula is C14H23ClN2O4S. The molecule has 0 bridgehead atoms. The van der Waals surface area contributed by atoms with Gasteiger partial charge < -0.3 is 9.64 Å². The average Bonchev–Trinajstić information content (AvgIpc) is 2.44. The number of nitrogens with zero attached hydrogens (tertiary/aromatic N) is 1. The third-order valence-corrected chi connectivity index (χ3v) is 4.23. The molecule has 0 aliphatic rings. The average molecular weight is 351 g/mol. The van der Waals surface area contributed by atoms with Gasteiger partial charge in [-0.15, -0.1) is 12.4 Å². The summed E-state index contributed by atoms with van der Waals surface area (Å²) in [7, 11) is 0.333. The molecule has 1 aromatic carbocycles.